The number of benzene rings is 3. The highest BCUT2D eigenvalue weighted by Crippen LogP contribution is 2.33. The van der Waals surface area contributed by atoms with E-state index >= 15 is 0 Å². The van der Waals surface area contributed by atoms with Gasteiger partial charge in [-0.05, 0) is 42.3 Å². The number of hydrogen-bond acceptors (Lipinski definition) is 2. The molecule has 0 aliphatic rings. The van der Waals surface area contributed by atoms with Gasteiger partial charge >= 0.3 is 0 Å². The van der Waals surface area contributed by atoms with Gasteiger partial charge in [0, 0.05) is 28.4 Å². The molecule has 0 saturated carbocycles. The normalized spacial score (nSPS) is 10.9. The SMILES string of the molecule is Cc1ccc2c3c(C(N)=O)cccc3n(Cc3ccccc3C#N)c2c1. The van der Waals surface area contributed by atoms with Gasteiger partial charge in [0.1, 0.15) is 0 Å². The van der Waals surface area contributed by atoms with Crippen molar-refractivity contribution in [2.24, 2.45) is 5.73 Å². The van der Waals surface area contributed by atoms with E-state index in [1.54, 1.807) is 6.07 Å². The van der Waals surface area contributed by atoms with E-state index in [-0.39, 0.29) is 0 Å². The van der Waals surface area contributed by atoms with Crippen molar-refractivity contribution < 1.29 is 4.79 Å². The third-order valence-electron chi connectivity index (χ3n) is 4.78. The van der Waals surface area contributed by atoms with Gasteiger partial charge in [-0.15, -0.1) is 0 Å². The maximum atomic E-state index is 12.0. The first-order valence-electron chi connectivity index (χ1n) is 8.39. The first kappa shape index (κ1) is 15.9. The molecule has 4 rings (SSSR count). The average molecular weight is 339 g/mol. The van der Waals surface area contributed by atoms with E-state index in [2.05, 4.69) is 16.7 Å². The summed E-state index contributed by atoms with van der Waals surface area (Å²) in [5.41, 5.74) is 10.8. The van der Waals surface area contributed by atoms with E-state index in [9.17, 15) is 10.1 Å². The first-order valence-corrected chi connectivity index (χ1v) is 8.39. The molecule has 4 heteroatoms. The molecule has 0 atom stereocenters. The van der Waals surface area contributed by atoms with E-state index in [1.165, 1.54) is 0 Å². The van der Waals surface area contributed by atoms with Gasteiger partial charge in [-0.3, -0.25) is 4.79 Å². The summed E-state index contributed by atoms with van der Waals surface area (Å²) in [6, 6.07) is 21.6. The largest absolute Gasteiger partial charge is 0.366 e. The van der Waals surface area contributed by atoms with E-state index in [4.69, 9.17) is 5.73 Å². The zero-order chi connectivity index (χ0) is 18.3. The molecule has 0 bridgehead atoms. The fourth-order valence-corrected chi connectivity index (χ4v) is 3.57. The van der Waals surface area contributed by atoms with Gasteiger partial charge in [0.2, 0.25) is 5.91 Å². The molecule has 0 fully saturated rings. The smallest absolute Gasteiger partial charge is 0.249 e. The molecule has 26 heavy (non-hydrogen) atoms. The van der Waals surface area contributed by atoms with E-state index in [1.807, 2.05) is 55.5 Å². The number of primary amides is 1. The molecular formula is C22H17N3O. The summed E-state index contributed by atoms with van der Waals surface area (Å²) < 4.78 is 2.15. The van der Waals surface area contributed by atoms with Crippen molar-refractivity contribution in [3.63, 3.8) is 0 Å². The molecule has 2 N–H and O–H groups in total. The van der Waals surface area contributed by atoms with E-state index in [0.717, 1.165) is 32.9 Å². The summed E-state index contributed by atoms with van der Waals surface area (Å²) in [6.45, 7) is 2.59. The van der Waals surface area contributed by atoms with Gasteiger partial charge in [-0.1, -0.05) is 36.4 Å². The summed E-state index contributed by atoms with van der Waals surface area (Å²) in [5, 5.41) is 11.3. The Kier molecular flexibility index (Phi) is 3.70. The van der Waals surface area contributed by atoms with Crippen LogP contribution in [0.3, 0.4) is 0 Å². The van der Waals surface area contributed by atoms with Gasteiger partial charge < -0.3 is 10.3 Å². The van der Waals surface area contributed by atoms with E-state index in [0.29, 0.717) is 17.7 Å². The Morgan fingerprint density at radius 2 is 1.88 bits per heavy atom. The number of nitrogens with two attached hydrogens (primary N) is 1. The van der Waals surface area contributed by atoms with Crippen molar-refractivity contribution in [2.45, 2.75) is 13.5 Å². The predicted molar refractivity (Wildman–Crippen MR) is 103 cm³/mol. The van der Waals surface area contributed by atoms with Crippen LogP contribution in [0.25, 0.3) is 21.8 Å². The zero-order valence-corrected chi connectivity index (χ0v) is 14.4. The summed E-state index contributed by atoms with van der Waals surface area (Å²) >= 11 is 0. The molecule has 1 aromatic heterocycles. The number of nitrogens with zero attached hydrogens (tertiary/aromatic N) is 2. The Hall–Kier alpha value is -3.58. The van der Waals surface area contributed by atoms with Gasteiger partial charge in [-0.25, -0.2) is 0 Å². The summed E-state index contributed by atoms with van der Waals surface area (Å²) in [6.07, 6.45) is 0. The topological polar surface area (TPSA) is 71.8 Å². The maximum absolute atomic E-state index is 12.0. The number of carbonyl (C=O) groups is 1. The van der Waals surface area contributed by atoms with Gasteiger partial charge in [0.05, 0.1) is 17.1 Å². The van der Waals surface area contributed by atoms with Crippen LogP contribution in [-0.4, -0.2) is 10.5 Å². The quantitative estimate of drug-likeness (QED) is 0.610. The molecule has 4 nitrogen and oxygen atoms in total. The standard InChI is InChI=1S/C22H17N3O/c1-14-9-10-17-20(11-14)25(13-16-6-3-2-5-15(16)12-23)19-8-4-7-18(21(17)19)22(24)26/h2-11H,13H2,1H3,(H2,24,26). The molecule has 0 aliphatic heterocycles. The summed E-state index contributed by atoms with van der Waals surface area (Å²) in [5.74, 6) is -0.437. The molecule has 1 amide bonds. The fraction of sp³-hybridized carbons (Fsp3) is 0.0909. The number of amides is 1. The lowest BCUT2D eigenvalue weighted by atomic mass is 10.1. The van der Waals surface area contributed by atoms with Crippen molar-refractivity contribution >= 4 is 27.7 Å². The number of carbonyl (C=O) groups excluding carboxylic acids is 1. The Morgan fingerprint density at radius 1 is 1.08 bits per heavy atom. The Labute approximate surface area is 151 Å². The number of aryl methyl sites for hydroxylation is 1. The minimum atomic E-state index is -0.437. The number of rotatable bonds is 3. The molecule has 0 aliphatic carbocycles. The molecule has 0 radical (unpaired) electrons. The molecule has 126 valence electrons. The lowest BCUT2D eigenvalue weighted by Crippen LogP contribution is -2.11. The first-order chi connectivity index (χ1) is 12.6. The maximum Gasteiger partial charge on any atom is 0.249 e. The van der Waals surface area contributed by atoms with Gasteiger partial charge in [0.15, 0.2) is 0 Å². The van der Waals surface area contributed by atoms with Crippen LogP contribution in [0.4, 0.5) is 0 Å². The molecule has 4 aromatic rings. The van der Waals surface area contributed by atoms with Crippen LogP contribution in [0.15, 0.2) is 60.7 Å². The highest BCUT2D eigenvalue weighted by molar-refractivity contribution is 6.17. The molecule has 0 spiro atoms. The lowest BCUT2D eigenvalue weighted by Gasteiger charge is -2.10. The predicted octanol–water partition coefficient (Wildman–Crippen LogP) is 4.12. The van der Waals surface area contributed by atoms with Crippen LogP contribution in [0.2, 0.25) is 0 Å². The minimum absolute atomic E-state index is 0.437. The van der Waals surface area contributed by atoms with Crippen LogP contribution in [-0.2, 0) is 6.54 Å². The molecule has 0 unspecified atom stereocenters. The Balaban J connectivity index is 2.07. The third-order valence-corrected chi connectivity index (χ3v) is 4.78. The molecule has 1 heterocycles. The highest BCUT2D eigenvalue weighted by Gasteiger charge is 2.17. The van der Waals surface area contributed by atoms with Crippen LogP contribution in [0.1, 0.15) is 27.0 Å². The van der Waals surface area contributed by atoms with Crippen molar-refractivity contribution in [1.82, 2.24) is 4.57 Å². The lowest BCUT2D eigenvalue weighted by molar-refractivity contribution is 0.100. The average Bonchev–Trinajstić information content (AvgIpc) is 2.95. The highest BCUT2D eigenvalue weighted by atomic mass is 16.1. The number of aromatic nitrogens is 1. The Bertz CT molecular complexity index is 1210. The van der Waals surface area contributed by atoms with Gasteiger partial charge in [0.25, 0.3) is 0 Å². The minimum Gasteiger partial charge on any atom is -0.366 e. The second-order valence-electron chi connectivity index (χ2n) is 6.44. The van der Waals surface area contributed by atoms with Crippen LogP contribution >= 0.6 is 0 Å². The number of nitriles is 1. The monoisotopic (exact) mass is 339 g/mol. The third kappa shape index (κ3) is 2.42. The molecule has 0 saturated heterocycles. The Morgan fingerprint density at radius 3 is 2.65 bits per heavy atom. The second-order valence-corrected chi connectivity index (χ2v) is 6.44. The summed E-state index contributed by atoms with van der Waals surface area (Å²) in [4.78, 5) is 12.0. The van der Waals surface area contributed by atoms with Gasteiger partial charge in [-0.2, -0.15) is 5.26 Å². The van der Waals surface area contributed by atoms with Crippen LogP contribution < -0.4 is 5.73 Å². The molecule has 3 aromatic carbocycles. The van der Waals surface area contributed by atoms with E-state index < -0.39 is 5.91 Å². The zero-order valence-electron chi connectivity index (χ0n) is 14.4. The number of fused-ring (bicyclic) bond motifs is 3. The van der Waals surface area contributed by atoms with Crippen LogP contribution in [0, 0.1) is 18.3 Å². The van der Waals surface area contributed by atoms with Crippen molar-refractivity contribution in [2.75, 3.05) is 0 Å². The second kappa shape index (κ2) is 6.05. The summed E-state index contributed by atoms with van der Waals surface area (Å²) in [7, 11) is 0. The van der Waals surface area contributed by atoms with Crippen molar-refractivity contribution in [1.29, 1.82) is 5.26 Å². The van der Waals surface area contributed by atoms with Crippen molar-refractivity contribution in [3.05, 3.63) is 82.9 Å². The van der Waals surface area contributed by atoms with Crippen LogP contribution in [0.5, 0.6) is 0 Å². The molecular weight excluding hydrogens is 322 g/mol. The van der Waals surface area contributed by atoms with Crippen molar-refractivity contribution in [3.8, 4) is 6.07 Å². The fourth-order valence-electron chi connectivity index (χ4n) is 3.57. The number of hydrogen-bond donors (Lipinski definition) is 1.